The van der Waals surface area contributed by atoms with E-state index in [1.165, 1.54) is 0 Å². The first kappa shape index (κ1) is 5.80. The molecule has 0 aliphatic carbocycles. The van der Waals surface area contributed by atoms with Crippen molar-refractivity contribution >= 4 is 0 Å². The molecule has 1 aromatic rings. The molecule has 1 N–H and O–H groups in total. The Bertz CT molecular complexity index is 228. The van der Waals surface area contributed by atoms with Crippen LogP contribution in [-0.4, -0.2) is 16.5 Å². The van der Waals surface area contributed by atoms with E-state index in [1.54, 1.807) is 18.6 Å². The lowest BCUT2D eigenvalue weighted by Crippen LogP contribution is -2.08. The standard InChI is InChI=1S/C7H9N3/c1-7(5-10-7)6-4-8-2-3-9-6/h2-4,10H,5H2,1H3. The van der Waals surface area contributed by atoms with Crippen LogP contribution in [0.4, 0.5) is 0 Å². The van der Waals surface area contributed by atoms with Crippen LogP contribution in [0.25, 0.3) is 0 Å². The molecule has 52 valence electrons. The van der Waals surface area contributed by atoms with E-state index in [9.17, 15) is 0 Å². The minimum absolute atomic E-state index is 0.119. The molecule has 0 saturated carbocycles. The van der Waals surface area contributed by atoms with E-state index in [4.69, 9.17) is 0 Å². The molecule has 0 radical (unpaired) electrons. The Hall–Kier alpha value is -0.960. The van der Waals surface area contributed by atoms with Crippen molar-refractivity contribution in [2.75, 3.05) is 6.54 Å². The quantitative estimate of drug-likeness (QED) is 0.563. The van der Waals surface area contributed by atoms with Crippen molar-refractivity contribution in [3.05, 3.63) is 24.3 Å². The normalized spacial score (nSPS) is 30.1. The van der Waals surface area contributed by atoms with Crippen LogP contribution in [0.15, 0.2) is 18.6 Å². The van der Waals surface area contributed by atoms with Gasteiger partial charge in [0.1, 0.15) is 0 Å². The summed E-state index contributed by atoms with van der Waals surface area (Å²) in [6.45, 7) is 3.14. The highest BCUT2D eigenvalue weighted by Gasteiger charge is 2.39. The van der Waals surface area contributed by atoms with Crippen molar-refractivity contribution in [2.45, 2.75) is 12.5 Å². The molecule has 1 saturated heterocycles. The summed E-state index contributed by atoms with van der Waals surface area (Å²) in [5, 5.41) is 3.22. The zero-order chi connectivity index (χ0) is 7.03. The van der Waals surface area contributed by atoms with Crippen molar-refractivity contribution < 1.29 is 0 Å². The molecule has 3 nitrogen and oxygen atoms in total. The Labute approximate surface area is 59.5 Å². The number of nitrogens with one attached hydrogen (secondary N) is 1. The van der Waals surface area contributed by atoms with E-state index in [0.29, 0.717) is 0 Å². The summed E-state index contributed by atoms with van der Waals surface area (Å²) in [7, 11) is 0. The molecular formula is C7H9N3. The van der Waals surface area contributed by atoms with Gasteiger partial charge in [-0.1, -0.05) is 0 Å². The second-order valence-corrected chi connectivity index (χ2v) is 2.78. The number of nitrogens with zero attached hydrogens (tertiary/aromatic N) is 2. The van der Waals surface area contributed by atoms with Gasteiger partial charge in [0, 0.05) is 18.9 Å². The first-order valence-corrected chi connectivity index (χ1v) is 3.33. The fraction of sp³-hybridized carbons (Fsp3) is 0.429. The summed E-state index contributed by atoms with van der Waals surface area (Å²) < 4.78 is 0. The van der Waals surface area contributed by atoms with Gasteiger partial charge in [0.2, 0.25) is 0 Å². The fourth-order valence-corrected chi connectivity index (χ4v) is 0.898. The lowest BCUT2D eigenvalue weighted by atomic mass is 10.1. The van der Waals surface area contributed by atoms with Crippen LogP contribution in [0.2, 0.25) is 0 Å². The monoisotopic (exact) mass is 135 g/mol. The van der Waals surface area contributed by atoms with Gasteiger partial charge in [-0.15, -0.1) is 0 Å². The summed E-state index contributed by atoms with van der Waals surface area (Å²) in [5.74, 6) is 0. The summed E-state index contributed by atoms with van der Waals surface area (Å²) >= 11 is 0. The van der Waals surface area contributed by atoms with Crippen LogP contribution in [0.5, 0.6) is 0 Å². The van der Waals surface area contributed by atoms with E-state index in [2.05, 4.69) is 22.2 Å². The highest BCUT2D eigenvalue weighted by Crippen LogP contribution is 2.26. The van der Waals surface area contributed by atoms with Crippen molar-refractivity contribution in [2.24, 2.45) is 0 Å². The third-order valence-corrected chi connectivity index (χ3v) is 1.84. The van der Waals surface area contributed by atoms with Crippen LogP contribution in [-0.2, 0) is 5.54 Å². The summed E-state index contributed by atoms with van der Waals surface area (Å²) in [6.07, 6.45) is 5.22. The predicted molar refractivity (Wildman–Crippen MR) is 37.4 cm³/mol. The van der Waals surface area contributed by atoms with Gasteiger partial charge in [-0.25, -0.2) is 0 Å². The minimum atomic E-state index is 0.119. The van der Waals surface area contributed by atoms with E-state index >= 15 is 0 Å². The average molecular weight is 135 g/mol. The predicted octanol–water partition coefficient (Wildman–Crippen LogP) is 0.295. The van der Waals surface area contributed by atoms with Crippen LogP contribution in [0.1, 0.15) is 12.6 Å². The number of hydrogen-bond acceptors (Lipinski definition) is 3. The summed E-state index contributed by atoms with van der Waals surface area (Å²) in [5.41, 5.74) is 1.16. The number of rotatable bonds is 1. The molecular weight excluding hydrogens is 126 g/mol. The maximum atomic E-state index is 4.19. The van der Waals surface area contributed by atoms with Crippen molar-refractivity contribution in [1.82, 2.24) is 15.3 Å². The molecule has 10 heavy (non-hydrogen) atoms. The van der Waals surface area contributed by atoms with Gasteiger partial charge in [0.15, 0.2) is 0 Å². The van der Waals surface area contributed by atoms with Crippen molar-refractivity contribution in [3.8, 4) is 0 Å². The fourth-order valence-electron chi connectivity index (χ4n) is 0.898. The van der Waals surface area contributed by atoms with Crippen LogP contribution < -0.4 is 5.32 Å². The van der Waals surface area contributed by atoms with E-state index in [0.717, 1.165) is 12.2 Å². The molecule has 2 rings (SSSR count). The second kappa shape index (κ2) is 1.76. The molecule has 0 aromatic carbocycles. The highest BCUT2D eigenvalue weighted by atomic mass is 15.2. The molecule has 2 heterocycles. The van der Waals surface area contributed by atoms with Gasteiger partial charge < -0.3 is 5.32 Å². The smallest absolute Gasteiger partial charge is 0.0797 e. The Morgan fingerprint density at radius 3 is 2.90 bits per heavy atom. The van der Waals surface area contributed by atoms with E-state index in [1.807, 2.05) is 0 Å². The maximum Gasteiger partial charge on any atom is 0.0797 e. The molecule has 0 bridgehead atoms. The second-order valence-electron chi connectivity index (χ2n) is 2.78. The van der Waals surface area contributed by atoms with Gasteiger partial charge in [-0.3, -0.25) is 9.97 Å². The van der Waals surface area contributed by atoms with Crippen molar-refractivity contribution in [1.29, 1.82) is 0 Å². The maximum absolute atomic E-state index is 4.19. The van der Waals surface area contributed by atoms with Gasteiger partial charge in [0.05, 0.1) is 17.4 Å². The summed E-state index contributed by atoms with van der Waals surface area (Å²) in [4.78, 5) is 8.18. The first-order valence-electron chi connectivity index (χ1n) is 3.33. The molecule has 1 aliphatic rings. The number of aromatic nitrogens is 2. The third-order valence-electron chi connectivity index (χ3n) is 1.84. The Morgan fingerprint density at radius 2 is 2.40 bits per heavy atom. The van der Waals surface area contributed by atoms with Crippen LogP contribution >= 0.6 is 0 Å². The van der Waals surface area contributed by atoms with Crippen LogP contribution in [0, 0.1) is 0 Å². The van der Waals surface area contributed by atoms with Gasteiger partial charge in [0.25, 0.3) is 0 Å². The molecule has 3 heteroatoms. The SMILES string of the molecule is CC1(c2cnccn2)CN1. The zero-order valence-corrected chi connectivity index (χ0v) is 5.83. The molecule has 1 unspecified atom stereocenters. The topological polar surface area (TPSA) is 47.7 Å². The third kappa shape index (κ3) is 0.789. The number of hydrogen-bond donors (Lipinski definition) is 1. The molecule has 0 amide bonds. The van der Waals surface area contributed by atoms with E-state index < -0.39 is 0 Å². The van der Waals surface area contributed by atoms with Gasteiger partial charge in [-0.2, -0.15) is 0 Å². The first-order chi connectivity index (χ1) is 4.81. The molecule has 1 aliphatic heterocycles. The van der Waals surface area contributed by atoms with Crippen molar-refractivity contribution in [3.63, 3.8) is 0 Å². The average Bonchev–Trinajstić information content (AvgIpc) is 2.72. The zero-order valence-electron chi connectivity index (χ0n) is 5.83. The highest BCUT2D eigenvalue weighted by molar-refractivity contribution is 5.18. The van der Waals surface area contributed by atoms with Gasteiger partial charge in [-0.05, 0) is 6.92 Å². The lowest BCUT2D eigenvalue weighted by molar-refractivity contribution is 0.722. The Kier molecular flexibility index (Phi) is 1.02. The van der Waals surface area contributed by atoms with Crippen LogP contribution in [0.3, 0.4) is 0 Å². The largest absolute Gasteiger partial charge is 0.303 e. The molecule has 0 spiro atoms. The Morgan fingerprint density at radius 1 is 1.60 bits per heavy atom. The molecule has 1 atom stereocenters. The summed E-state index contributed by atoms with van der Waals surface area (Å²) in [6, 6.07) is 0. The lowest BCUT2D eigenvalue weighted by Gasteiger charge is -2.02. The molecule has 1 aromatic heterocycles. The van der Waals surface area contributed by atoms with Gasteiger partial charge >= 0.3 is 0 Å². The molecule has 1 fully saturated rings. The van der Waals surface area contributed by atoms with E-state index in [-0.39, 0.29) is 5.54 Å². The minimum Gasteiger partial charge on any atom is -0.303 e. The Balaban J connectivity index is 2.35.